The van der Waals surface area contributed by atoms with E-state index in [2.05, 4.69) is 16.9 Å². The molecular formula is C21H26N2O3S. The zero-order valence-electron chi connectivity index (χ0n) is 16.0. The first kappa shape index (κ1) is 19.6. The zero-order chi connectivity index (χ0) is 19.6. The molecule has 3 rings (SSSR count). The third-order valence-electron chi connectivity index (χ3n) is 5.23. The molecule has 1 unspecified atom stereocenters. The molecule has 1 aliphatic rings. The smallest absolute Gasteiger partial charge is 0.240 e. The van der Waals surface area contributed by atoms with Gasteiger partial charge in [0.15, 0.2) is 0 Å². The van der Waals surface area contributed by atoms with Crippen molar-refractivity contribution < 1.29 is 13.2 Å². The number of hydrogen-bond donors (Lipinski definition) is 1. The van der Waals surface area contributed by atoms with Gasteiger partial charge in [0.05, 0.1) is 10.9 Å². The molecule has 2 aromatic carbocycles. The molecule has 1 N–H and O–H groups in total. The van der Waals surface area contributed by atoms with Crippen LogP contribution in [0.3, 0.4) is 0 Å². The number of benzene rings is 2. The molecular weight excluding hydrogens is 360 g/mol. The lowest BCUT2D eigenvalue weighted by Gasteiger charge is -2.25. The van der Waals surface area contributed by atoms with Crippen LogP contribution in [0.25, 0.3) is 0 Å². The van der Waals surface area contributed by atoms with E-state index >= 15 is 0 Å². The van der Waals surface area contributed by atoms with Gasteiger partial charge in [0.25, 0.3) is 0 Å². The fraction of sp³-hybridized carbons (Fsp3) is 0.381. The fourth-order valence-electron chi connectivity index (χ4n) is 3.65. The van der Waals surface area contributed by atoms with Crippen molar-refractivity contribution in [2.45, 2.75) is 44.0 Å². The Labute approximate surface area is 161 Å². The summed E-state index contributed by atoms with van der Waals surface area (Å²) in [5.41, 5.74) is 4.07. The number of carbonyl (C=O) groups is 1. The summed E-state index contributed by atoms with van der Waals surface area (Å²) in [4.78, 5) is 14.6. The van der Waals surface area contributed by atoms with E-state index in [1.54, 1.807) is 31.0 Å². The summed E-state index contributed by atoms with van der Waals surface area (Å²) >= 11 is 0. The molecule has 27 heavy (non-hydrogen) atoms. The molecule has 0 saturated carbocycles. The van der Waals surface area contributed by atoms with Crippen molar-refractivity contribution >= 4 is 15.9 Å². The minimum Gasteiger partial charge on any atom is -0.339 e. The number of fused-ring (bicyclic) bond motifs is 1. The van der Waals surface area contributed by atoms with Crippen molar-refractivity contribution in [3.63, 3.8) is 0 Å². The van der Waals surface area contributed by atoms with Crippen LogP contribution in [0.5, 0.6) is 0 Å². The third-order valence-corrected chi connectivity index (χ3v) is 6.83. The molecule has 0 saturated heterocycles. The summed E-state index contributed by atoms with van der Waals surface area (Å²) in [5.74, 6) is -0.0552. The van der Waals surface area contributed by atoms with Gasteiger partial charge < -0.3 is 4.90 Å². The quantitative estimate of drug-likeness (QED) is 0.829. The van der Waals surface area contributed by atoms with Crippen LogP contribution in [0.15, 0.2) is 47.4 Å². The van der Waals surface area contributed by atoms with E-state index in [1.807, 2.05) is 25.1 Å². The maximum atomic E-state index is 12.6. The van der Waals surface area contributed by atoms with Crippen LogP contribution >= 0.6 is 0 Å². The number of amides is 1. The Morgan fingerprint density at radius 1 is 1.19 bits per heavy atom. The lowest BCUT2D eigenvalue weighted by Crippen LogP contribution is -2.34. The second kappa shape index (κ2) is 7.82. The van der Waals surface area contributed by atoms with Gasteiger partial charge in [0.1, 0.15) is 0 Å². The van der Waals surface area contributed by atoms with Crippen LogP contribution in [-0.2, 0) is 21.2 Å². The van der Waals surface area contributed by atoms with Crippen molar-refractivity contribution in [1.29, 1.82) is 0 Å². The SMILES string of the molecule is Cc1ccc(C)c(S(=O)(=O)NCCC(=O)N(C)C2CCc3ccccc32)c1. The second-order valence-corrected chi connectivity index (χ2v) is 8.91. The Balaban J connectivity index is 1.60. The van der Waals surface area contributed by atoms with E-state index in [-0.39, 0.29) is 29.8 Å². The number of rotatable bonds is 6. The predicted molar refractivity (Wildman–Crippen MR) is 106 cm³/mol. The van der Waals surface area contributed by atoms with Gasteiger partial charge in [-0.3, -0.25) is 4.79 Å². The lowest BCUT2D eigenvalue weighted by atomic mass is 10.1. The van der Waals surface area contributed by atoms with Crippen LogP contribution in [0.4, 0.5) is 0 Å². The number of carbonyl (C=O) groups excluding carboxylic acids is 1. The predicted octanol–water partition coefficient (Wildman–Crippen LogP) is 3.12. The average molecular weight is 387 g/mol. The summed E-state index contributed by atoms with van der Waals surface area (Å²) in [6, 6.07) is 13.6. The van der Waals surface area contributed by atoms with Gasteiger partial charge in [-0.25, -0.2) is 13.1 Å². The van der Waals surface area contributed by atoms with E-state index in [9.17, 15) is 13.2 Å². The molecule has 0 heterocycles. The highest BCUT2D eigenvalue weighted by molar-refractivity contribution is 7.89. The molecule has 6 heteroatoms. The fourth-order valence-corrected chi connectivity index (χ4v) is 5.01. The number of sulfonamides is 1. The highest BCUT2D eigenvalue weighted by atomic mass is 32.2. The van der Waals surface area contributed by atoms with E-state index in [4.69, 9.17) is 0 Å². The van der Waals surface area contributed by atoms with Crippen LogP contribution < -0.4 is 4.72 Å². The van der Waals surface area contributed by atoms with E-state index in [0.29, 0.717) is 5.56 Å². The third kappa shape index (κ3) is 4.22. The molecule has 0 radical (unpaired) electrons. The van der Waals surface area contributed by atoms with E-state index < -0.39 is 10.0 Å². The van der Waals surface area contributed by atoms with Crippen LogP contribution in [0, 0.1) is 13.8 Å². The normalized spacial score (nSPS) is 16.2. The molecule has 0 fully saturated rings. The molecule has 1 aliphatic carbocycles. The van der Waals surface area contributed by atoms with E-state index in [0.717, 1.165) is 18.4 Å². The number of hydrogen-bond acceptors (Lipinski definition) is 3. The highest BCUT2D eigenvalue weighted by Crippen LogP contribution is 2.34. The molecule has 1 atom stereocenters. The summed E-state index contributed by atoms with van der Waals surface area (Å²) in [7, 11) is -1.82. The van der Waals surface area contributed by atoms with Crippen molar-refractivity contribution in [2.24, 2.45) is 0 Å². The maximum absolute atomic E-state index is 12.6. The second-order valence-electron chi connectivity index (χ2n) is 7.17. The van der Waals surface area contributed by atoms with Crippen molar-refractivity contribution in [1.82, 2.24) is 9.62 Å². The minimum absolute atomic E-state index is 0.0552. The highest BCUT2D eigenvalue weighted by Gasteiger charge is 2.28. The van der Waals surface area contributed by atoms with Crippen molar-refractivity contribution in [2.75, 3.05) is 13.6 Å². The van der Waals surface area contributed by atoms with Crippen LogP contribution in [-0.4, -0.2) is 32.8 Å². The lowest BCUT2D eigenvalue weighted by molar-refractivity contribution is -0.131. The van der Waals surface area contributed by atoms with Gasteiger partial charge in [-0.05, 0) is 55.0 Å². The minimum atomic E-state index is -3.62. The Morgan fingerprint density at radius 3 is 2.70 bits per heavy atom. The van der Waals surface area contributed by atoms with Gasteiger partial charge in [0, 0.05) is 20.0 Å². The number of nitrogens with one attached hydrogen (secondary N) is 1. The number of nitrogens with zero attached hydrogens (tertiary/aromatic N) is 1. The summed E-state index contributed by atoms with van der Waals surface area (Å²) in [5, 5.41) is 0. The molecule has 1 amide bonds. The van der Waals surface area contributed by atoms with Gasteiger partial charge in [-0.1, -0.05) is 36.4 Å². The Hall–Kier alpha value is -2.18. The molecule has 144 valence electrons. The first-order valence-corrected chi connectivity index (χ1v) is 10.7. The molecule has 0 bridgehead atoms. The standard InChI is InChI=1S/C21H26N2O3S/c1-15-8-9-16(2)20(14-15)27(25,26)22-13-12-21(24)23(3)19-11-10-17-6-4-5-7-18(17)19/h4-9,14,19,22H,10-13H2,1-3H3. The Kier molecular flexibility index (Phi) is 5.67. The van der Waals surface area contributed by atoms with Crippen LogP contribution in [0.2, 0.25) is 0 Å². The number of aryl methyl sites for hydroxylation is 3. The molecule has 2 aromatic rings. The first-order chi connectivity index (χ1) is 12.8. The van der Waals surface area contributed by atoms with Gasteiger partial charge in [-0.15, -0.1) is 0 Å². The molecule has 0 aliphatic heterocycles. The van der Waals surface area contributed by atoms with E-state index in [1.165, 1.54) is 11.1 Å². The average Bonchev–Trinajstić information content (AvgIpc) is 3.06. The largest absolute Gasteiger partial charge is 0.339 e. The Bertz CT molecular complexity index is 954. The molecule has 5 nitrogen and oxygen atoms in total. The molecule has 0 spiro atoms. The van der Waals surface area contributed by atoms with Crippen molar-refractivity contribution in [3.8, 4) is 0 Å². The van der Waals surface area contributed by atoms with Gasteiger partial charge in [0.2, 0.25) is 15.9 Å². The molecule has 0 aromatic heterocycles. The summed E-state index contributed by atoms with van der Waals surface area (Å²) < 4.78 is 27.6. The summed E-state index contributed by atoms with van der Waals surface area (Å²) in [6.07, 6.45) is 2.02. The summed E-state index contributed by atoms with van der Waals surface area (Å²) in [6.45, 7) is 3.72. The maximum Gasteiger partial charge on any atom is 0.240 e. The van der Waals surface area contributed by atoms with Gasteiger partial charge >= 0.3 is 0 Å². The zero-order valence-corrected chi connectivity index (χ0v) is 16.8. The topological polar surface area (TPSA) is 66.5 Å². The Morgan fingerprint density at radius 2 is 1.93 bits per heavy atom. The van der Waals surface area contributed by atoms with Crippen molar-refractivity contribution in [3.05, 3.63) is 64.7 Å². The van der Waals surface area contributed by atoms with Gasteiger partial charge in [-0.2, -0.15) is 0 Å². The monoisotopic (exact) mass is 386 g/mol. The van der Waals surface area contributed by atoms with Crippen LogP contribution in [0.1, 0.15) is 41.1 Å². The first-order valence-electron chi connectivity index (χ1n) is 9.20.